The first-order valence-corrected chi connectivity index (χ1v) is 12.8. The molecule has 0 radical (unpaired) electrons. The number of ether oxygens (including phenoxy) is 4. The lowest BCUT2D eigenvalue weighted by molar-refractivity contribution is 0.131. The van der Waals surface area contributed by atoms with Crippen LogP contribution in [0, 0.1) is 0 Å². The van der Waals surface area contributed by atoms with Crippen molar-refractivity contribution in [1.82, 2.24) is 4.90 Å². The maximum absolute atomic E-state index is 6.14. The number of hydrogen-bond donors (Lipinski definition) is 0. The molecule has 0 N–H and O–H groups in total. The van der Waals surface area contributed by atoms with Gasteiger partial charge in [0.2, 0.25) is 0 Å². The van der Waals surface area contributed by atoms with Gasteiger partial charge < -0.3 is 23.8 Å². The van der Waals surface area contributed by atoms with Crippen molar-refractivity contribution in [2.45, 2.75) is 38.7 Å². The Hall–Kier alpha value is -1.54. The van der Waals surface area contributed by atoms with Gasteiger partial charge in [-0.05, 0) is 57.5 Å². The molecule has 194 valence electrons. The molecule has 3 aliphatic rings. The van der Waals surface area contributed by atoms with Crippen molar-refractivity contribution in [3.05, 3.63) is 40.4 Å². The summed E-state index contributed by atoms with van der Waals surface area (Å²) >= 11 is 3.61. The van der Waals surface area contributed by atoms with E-state index in [9.17, 15) is 0 Å². The van der Waals surface area contributed by atoms with E-state index in [0.29, 0.717) is 19.8 Å². The van der Waals surface area contributed by atoms with E-state index in [-0.39, 0.29) is 30.4 Å². The van der Waals surface area contributed by atoms with Crippen LogP contribution in [-0.2, 0) is 6.42 Å². The number of benzene rings is 2. The first-order valence-electron chi connectivity index (χ1n) is 12.0. The molecule has 35 heavy (non-hydrogen) atoms. The van der Waals surface area contributed by atoms with Crippen molar-refractivity contribution in [3.63, 3.8) is 0 Å². The number of fused-ring (bicyclic) bond motifs is 2. The number of anilines is 1. The van der Waals surface area contributed by atoms with Crippen LogP contribution in [0.1, 0.15) is 32.3 Å². The Morgan fingerprint density at radius 1 is 0.971 bits per heavy atom. The zero-order valence-corrected chi connectivity index (χ0v) is 23.6. The fourth-order valence-corrected chi connectivity index (χ4v) is 5.37. The van der Waals surface area contributed by atoms with E-state index in [2.05, 4.69) is 57.8 Å². The standard InChI is InChI=1S/C26H33BrN2O4.2ClH/c1-26(2)18-19-16-20(27)17-23(24(19)33-26)30-13-4-3-8-28-9-11-29(12-10-28)21-6-5-7-22-25(21)32-15-14-31-22;;/h5-7,16-17H,3-4,8-15,18H2,1-2H3;2*1H. The van der Waals surface area contributed by atoms with Gasteiger partial charge in [-0.15, -0.1) is 24.8 Å². The average molecular weight is 590 g/mol. The van der Waals surface area contributed by atoms with Crippen molar-refractivity contribution >= 4 is 46.4 Å². The van der Waals surface area contributed by atoms with Crippen LogP contribution in [0.25, 0.3) is 0 Å². The molecular formula is C26H35BrCl2N2O4. The van der Waals surface area contributed by atoms with Crippen molar-refractivity contribution in [3.8, 4) is 23.0 Å². The lowest BCUT2D eigenvalue weighted by atomic mass is 10.0. The lowest BCUT2D eigenvalue weighted by Crippen LogP contribution is -2.46. The predicted molar refractivity (Wildman–Crippen MR) is 148 cm³/mol. The number of unbranched alkanes of at least 4 members (excludes halogenated alkanes) is 1. The Kier molecular flexibility index (Phi) is 9.72. The van der Waals surface area contributed by atoms with E-state index in [1.54, 1.807) is 0 Å². The Morgan fingerprint density at radius 2 is 1.74 bits per heavy atom. The summed E-state index contributed by atoms with van der Waals surface area (Å²) in [4.78, 5) is 4.97. The van der Waals surface area contributed by atoms with Gasteiger partial charge in [-0.2, -0.15) is 0 Å². The van der Waals surface area contributed by atoms with Crippen LogP contribution >= 0.6 is 40.7 Å². The highest BCUT2D eigenvalue weighted by Crippen LogP contribution is 2.44. The minimum Gasteiger partial charge on any atom is -0.490 e. The highest BCUT2D eigenvalue weighted by Gasteiger charge is 2.33. The number of para-hydroxylation sites is 1. The summed E-state index contributed by atoms with van der Waals surface area (Å²) in [6, 6.07) is 10.4. The van der Waals surface area contributed by atoms with E-state index >= 15 is 0 Å². The topological polar surface area (TPSA) is 43.4 Å². The first kappa shape index (κ1) is 28.0. The first-order chi connectivity index (χ1) is 16.0. The Labute approximate surface area is 229 Å². The molecule has 0 aliphatic carbocycles. The van der Waals surface area contributed by atoms with E-state index in [0.717, 1.165) is 85.1 Å². The van der Waals surface area contributed by atoms with Crippen LogP contribution in [0.15, 0.2) is 34.8 Å². The molecule has 6 nitrogen and oxygen atoms in total. The quantitative estimate of drug-likeness (QED) is 0.383. The summed E-state index contributed by atoms with van der Waals surface area (Å²) in [7, 11) is 0. The predicted octanol–water partition coefficient (Wildman–Crippen LogP) is 5.76. The third-order valence-corrected chi connectivity index (χ3v) is 6.93. The van der Waals surface area contributed by atoms with Crippen LogP contribution in [0.4, 0.5) is 5.69 Å². The highest BCUT2D eigenvalue weighted by atomic mass is 79.9. The molecule has 1 saturated heterocycles. The summed E-state index contributed by atoms with van der Waals surface area (Å²) in [5, 5.41) is 0. The molecule has 0 aromatic heterocycles. The smallest absolute Gasteiger partial charge is 0.184 e. The van der Waals surface area contributed by atoms with Crippen LogP contribution in [0.5, 0.6) is 23.0 Å². The van der Waals surface area contributed by atoms with Crippen LogP contribution in [0.3, 0.4) is 0 Å². The summed E-state index contributed by atoms with van der Waals surface area (Å²) in [5.74, 6) is 3.54. The Balaban J connectivity index is 0.00000171. The van der Waals surface area contributed by atoms with Gasteiger partial charge in [0.1, 0.15) is 18.8 Å². The average Bonchev–Trinajstić information content (AvgIpc) is 3.12. The fourth-order valence-electron chi connectivity index (χ4n) is 4.89. The number of piperazine rings is 1. The molecule has 0 bridgehead atoms. The van der Waals surface area contributed by atoms with Gasteiger partial charge in [0.05, 0.1) is 12.3 Å². The summed E-state index contributed by atoms with van der Waals surface area (Å²) in [6.45, 7) is 11.4. The molecule has 0 saturated carbocycles. The molecule has 2 aromatic carbocycles. The van der Waals surface area contributed by atoms with Gasteiger partial charge in [0, 0.05) is 42.6 Å². The SMILES string of the molecule is CC1(C)Cc2cc(Br)cc(OCCCCN3CCN(c4cccc5c4OCCO5)CC3)c2O1.Cl.Cl. The van der Waals surface area contributed by atoms with Gasteiger partial charge >= 0.3 is 0 Å². The van der Waals surface area contributed by atoms with Gasteiger partial charge in [0.15, 0.2) is 23.0 Å². The number of nitrogens with zero attached hydrogens (tertiary/aromatic N) is 2. The second-order valence-electron chi connectivity index (χ2n) is 9.62. The molecule has 0 spiro atoms. The molecule has 1 fully saturated rings. The monoisotopic (exact) mass is 588 g/mol. The Morgan fingerprint density at radius 3 is 2.54 bits per heavy atom. The van der Waals surface area contributed by atoms with E-state index < -0.39 is 0 Å². The van der Waals surface area contributed by atoms with Gasteiger partial charge in [0.25, 0.3) is 0 Å². The van der Waals surface area contributed by atoms with Gasteiger partial charge in [-0.1, -0.05) is 22.0 Å². The maximum atomic E-state index is 6.14. The minimum absolute atomic E-state index is 0. The molecule has 3 aliphatic heterocycles. The van der Waals surface area contributed by atoms with Gasteiger partial charge in [-0.25, -0.2) is 0 Å². The number of halogens is 3. The molecule has 0 unspecified atom stereocenters. The zero-order valence-electron chi connectivity index (χ0n) is 20.4. The van der Waals surface area contributed by atoms with Crippen molar-refractivity contribution < 1.29 is 18.9 Å². The third kappa shape index (κ3) is 6.62. The molecule has 2 aromatic rings. The Bertz CT molecular complexity index is 1000. The van der Waals surface area contributed by atoms with Crippen molar-refractivity contribution in [2.75, 3.05) is 57.4 Å². The zero-order chi connectivity index (χ0) is 22.8. The normalized spacial score (nSPS) is 18.1. The second kappa shape index (κ2) is 12.1. The largest absolute Gasteiger partial charge is 0.490 e. The van der Waals surface area contributed by atoms with Crippen molar-refractivity contribution in [2.24, 2.45) is 0 Å². The fraction of sp³-hybridized carbons (Fsp3) is 0.538. The minimum atomic E-state index is -0.165. The van der Waals surface area contributed by atoms with E-state index in [1.165, 1.54) is 5.56 Å². The maximum Gasteiger partial charge on any atom is 0.184 e. The van der Waals surface area contributed by atoms with Gasteiger partial charge in [-0.3, -0.25) is 4.90 Å². The van der Waals surface area contributed by atoms with Crippen LogP contribution < -0.4 is 23.8 Å². The summed E-state index contributed by atoms with van der Waals surface area (Å²) in [5.41, 5.74) is 2.22. The van der Waals surface area contributed by atoms with E-state index in [1.807, 2.05) is 12.1 Å². The highest BCUT2D eigenvalue weighted by molar-refractivity contribution is 9.10. The molecule has 0 amide bonds. The molecule has 3 heterocycles. The lowest BCUT2D eigenvalue weighted by Gasteiger charge is -2.37. The third-order valence-electron chi connectivity index (χ3n) is 6.48. The molecule has 5 rings (SSSR count). The molecular weight excluding hydrogens is 555 g/mol. The number of hydrogen-bond acceptors (Lipinski definition) is 6. The molecule has 9 heteroatoms. The van der Waals surface area contributed by atoms with Crippen LogP contribution in [0.2, 0.25) is 0 Å². The van der Waals surface area contributed by atoms with Crippen LogP contribution in [-0.4, -0.2) is 63.0 Å². The van der Waals surface area contributed by atoms with E-state index in [4.69, 9.17) is 18.9 Å². The number of rotatable bonds is 7. The van der Waals surface area contributed by atoms with Crippen molar-refractivity contribution in [1.29, 1.82) is 0 Å². The summed E-state index contributed by atoms with van der Waals surface area (Å²) < 4.78 is 25.0. The summed E-state index contributed by atoms with van der Waals surface area (Å²) in [6.07, 6.45) is 3.07. The molecule has 0 atom stereocenters. The second-order valence-corrected chi connectivity index (χ2v) is 10.5.